The summed E-state index contributed by atoms with van der Waals surface area (Å²) in [7, 11) is 0. The van der Waals surface area contributed by atoms with E-state index < -0.39 is 0 Å². The summed E-state index contributed by atoms with van der Waals surface area (Å²) in [6, 6.07) is 18.3. The van der Waals surface area contributed by atoms with Crippen LogP contribution >= 0.6 is 0 Å². The van der Waals surface area contributed by atoms with Crippen molar-refractivity contribution >= 4 is 11.0 Å². The number of nitrogens with zero attached hydrogens (tertiary/aromatic N) is 3. The van der Waals surface area contributed by atoms with E-state index >= 15 is 0 Å². The van der Waals surface area contributed by atoms with Crippen molar-refractivity contribution in [1.29, 1.82) is 0 Å². The summed E-state index contributed by atoms with van der Waals surface area (Å²) in [6.45, 7) is 2.10. The monoisotopic (exact) mass is 238 g/mol. The maximum atomic E-state index is 4.12. The molecule has 0 amide bonds. The molecule has 0 aliphatic rings. The SMILES string of the molecule is C[C@@H](Nn1nnc2ccccc21)c1ccccc1. The van der Waals surface area contributed by atoms with Gasteiger partial charge in [0.05, 0.1) is 6.04 Å². The summed E-state index contributed by atoms with van der Waals surface area (Å²) in [6.07, 6.45) is 0. The number of benzene rings is 2. The Morgan fingerprint density at radius 1 is 1.00 bits per heavy atom. The Labute approximate surface area is 105 Å². The molecule has 90 valence electrons. The summed E-state index contributed by atoms with van der Waals surface area (Å²) in [5.41, 5.74) is 6.42. The highest BCUT2D eigenvalue weighted by Gasteiger charge is 2.07. The van der Waals surface area contributed by atoms with Crippen molar-refractivity contribution in [2.45, 2.75) is 13.0 Å². The molecule has 0 aliphatic carbocycles. The Kier molecular flexibility index (Phi) is 2.68. The highest BCUT2D eigenvalue weighted by Crippen LogP contribution is 2.14. The molecule has 3 rings (SSSR count). The molecule has 0 saturated carbocycles. The average molecular weight is 238 g/mol. The standard InChI is InChI=1S/C14H14N4/c1-11(12-7-3-2-4-8-12)16-18-14-10-6-5-9-13(14)15-17-18/h2-11,16H,1H3/t11-/m1/s1. The second kappa shape index (κ2) is 4.49. The summed E-state index contributed by atoms with van der Waals surface area (Å²) in [4.78, 5) is 1.73. The van der Waals surface area contributed by atoms with E-state index in [1.165, 1.54) is 5.56 Å². The maximum absolute atomic E-state index is 4.12. The van der Waals surface area contributed by atoms with E-state index in [1.807, 2.05) is 42.5 Å². The zero-order chi connectivity index (χ0) is 12.4. The lowest BCUT2D eigenvalue weighted by atomic mass is 10.1. The van der Waals surface area contributed by atoms with Crippen molar-refractivity contribution < 1.29 is 0 Å². The molecule has 0 radical (unpaired) electrons. The predicted molar refractivity (Wildman–Crippen MR) is 71.7 cm³/mol. The van der Waals surface area contributed by atoms with Crippen LogP contribution in [0.4, 0.5) is 0 Å². The van der Waals surface area contributed by atoms with Crippen LogP contribution in [-0.2, 0) is 0 Å². The molecule has 2 aromatic carbocycles. The van der Waals surface area contributed by atoms with Crippen LogP contribution in [-0.4, -0.2) is 15.1 Å². The lowest BCUT2D eigenvalue weighted by Gasteiger charge is -2.15. The minimum atomic E-state index is 0.177. The van der Waals surface area contributed by atoms with Crippen molar-refractivity contribution in [2.75, 3.05) is 5.43 Å². The van der Waals surface area contributed by atoms with E-state index in [9.17, 15) is 0 Å². The third-order valence-corrected chi connectivity index (χ3v) is 2.97. The Balaban J connectivity index is 1.89. The highest BCUT2D eigenvalue weighted by molar-refractivity contribution is 5.74. The van der Waals surface area contributed by atoms with Gasteiger partial charge in [-0.3, -0.25) is 0 Å². The van der Waals surface area contributed by atoms with E-state index in [2.05, 4.69) is 34.8 Å². The van der Waals surface area contributed by atoms with Crippen LogP contribution in [0.15, 0.2) is 54.6 Å². The number of hydrogen-bond donors (Lipinski definition) is 1. The van der Waals surface area contributed by atoms with Gasteiger partial charge >= 0.3 is 0 Å². The van der Waals surface area contributed by atoms with Gasteiger partial charge in [0.1, 0.15) is 11.0 Å². The minimum Gasteiger partial charge on any atom is -0.301 e. The third-order valence-electron chi connectivity index (χ3n) is 2.97. The Morgan fingerprint density at radius 2 is 1.72 bits per heavy atom. The van der Waals surface area contributed by atoms with Crippen LogP contribution < -0.4 is 5.43 Å². The quantitative estimate of drug-likeness (QED) is 0.763. The van der Waals surface area contributed by atoms with E-state index in [-0.39, 0.29) is 6.04 Å². The molecule has 4 nitrogen and oxygen atoms in total. The molecule has 0 bridgehead atoms. The Hall–Kier alpha value is -2.36. The molecule has 1 atom stereocenters. The van der Waals surface area contributed by atoms with Crippen LogP contribution in [0.5, 0.6) is 0 Å². The van der Waals surface area contributed by atoms with Crippen molar-refractivity contribution in [3.63, 3.8) is 0 Å². The molecule has 4 heteroatoms. The van der Waals surface area contributed by atoms with Crippen LogP contribution in [0.1, 0.15) is 18.5 Å². The van der Waals surface area contributed by atoms with Gasteiger partial charge in [-0.25, -0.2) is 0 Å². The average Bonchev–Trinajstić information content (AvgIpc) is 2.83. The number of aromatic nitrogens is 3. The molecule has 1 aromatic heterocycles. The Bertz CT molecular complexity index is 645. The predicted octanol–water partition coefficient (Wildman–Crippen LogP) is 2.74. The zero-order valence-electron chi connectivity index (χ0n) is 10.1. The molecule has 1 N–H and O–H groups in total. The van der Waals surface area contributed by atoms with Gasteiger partial charge < -0.3 is 5.43 Å². The van der Waals surface area contributed by atoms with E-state index in [0.717, 1.165) is 11.0 Å². The molecule has 1 heterocycles. The highest BCUT2D eigenvalue weighted by atomic mass is 15.6. The second-order valence-corrected chi connectivity index (χ2v) is 4.25. The van der Waals surface area contributed by atoms with Gasteiger partial charge in [-0.05, 0) is 29.8 Å². The molecular weight excluding hydrogens is 224 g/mol. The van der Waals surface area contributed by atoms with Gasteiger partial charge in [0.15, 0.2) is 0 Å². The first-order chi connectivity index (χ1) is 8.84. The Morgan fingerprint density at radius 3 is 2.56 bits per heavy atom. The van der Waals surface area contributed by atoms with Gasteiger partial charge in [0, 0.05) is 0 Å². The normalized spacial score (nSPS) is 12.5. The summed E-state index contributed by atoms with van der Waals surface area (Å²) in [5, 5.41) is 8.23. The van der Waals surface area contributed by atoms with E-state index in [0.29, 0.717) is 0 Å². The smallest absolute Gasteiger partial charge is 0.115 e. The van der Waals surface area contributed by atoms with Crippen LogP contribution in [0, 0.1) is 0 Å². The fourth-order valence-electron chi connectivity index (χ4n) is 1.96. The zero-order valence-corrected chi connectivity index (χ0v) is 10.1. The third kappa shape index (κ3) is 1.93. The lowest BCUT2D eigenvalue weighted by Crippen LogP contribution is -2.19. The van der Waals surface area contributed by atoms with E-state index in [4.69, 9.17) is 0 Å². The largest absolute Gasteiger partial charge is 0.301 e. The topological polar surface area (TPSA) is 42.7 Å². The number of para-hydroxylation sites is 1. The molecule has 0 saturated heterocycles. The van der Waals surface area contributed by atoms with E-state index in [1.54, 1.807) is 4.79 Å². The molecule has 0 fully saturated rings. The van der Waals surface area contributed by atoms with Gasteiger partial charge in [-0.2, -0.15) is 4.79 Å². The number of hydrogen-bond acceptors (Lipinski definition) is 3. The van der Waals surface area contributed by atoms with Crippen molar-refractivity contribution in [3.8, 4) is 0 Å². The first-order valence-electron chi connectivity index (χ1n) is 5.96. The maximum Gasteiger partial charge on any atom is 0.115 e. The van der Waals surface area contributed by atoms with Gasteiger partial charge in [-0.1, -0.05) is 42.5 Å². The fourth-order valence-corrected chi connectivity index (χ4v) is 1.96. The number of fused-ring (bicyclic) bond motifs is 1. The van der Waals surface area contributed by atoms with Crippen LogP contribution in [0.3, 0.4) is 0 Å². The van der Waals surface area contributed by atoms with Crippen molar-refractivity contribution in [1.82, 2.24) is 15.1 Å². The molecular formula is C14H14N4. The first-order valence-corrected chi connectivity index (χ1v) is 5.96. The van der Waals surface area contributed by atoms with Gasteiger partial charge in [-0.15, -0.1) is 5.10 Å². The molecule has 18 heavy (non-hydrogen) atoms. The summed E-state index contributed by atoms with van der Waals surface area (Å²) >= 11 is 0. The first kappa shape index (κ1) is 10.8. The van der Waals surface area contributed by atoms with Crippen molar-refractivity contribution in [3.05, 3.63) is 60.2 Å². The number of nitrogens with one attached hydrogen (secondary N) is 1. The summed E-state index contributed by atoms with van der Waals surface area (Å²) < 4.78 is 0. The molecule has 0 unspecified atom stereocenters. The molecule has 0 aliphatic heterocycles. The summed E-state index contributed by atoms with van der Waals surface area (Å²) in [5.74, 6) is 0. The van der Waals surface area contributed by atoms with Gasteiger partial charge in [0.2, 0.25) is 0 Å². The van der Waals surface area contributed by atoms with Crippen LogP contribution in [0.25, 0.3) is 11.0 Å². The minimum absolute atomic E-state index is 0.177. The van der Waals surface area contributed by atoms with Crippen molar-refractivity contribution in [2.24, 2.45) is 0 Å². The van der Waals surface area contributed by atoms with Crippen LogP contribution in [0.2, 0.25) is 0 Å². The fraction of sp³-hybridized carbons (Fsp3) is 0.143. The molecule has 0 spiro atoms. The lowest BCUT2D eigenvalue weighted by molar-refractivity contribution is 0.649. The van der Waals surface area contributed by atoms with Gasteiger partial charge in [0.25, 0.3) is 0 Å². The second-order valence-electron chi connectivity index (χ2n) is 4.25. The number of rotatable bonds is 3. The molecule has 3 aromatic rings.